The lowest BCUT2D eigenvalue weighted by Gasteiger charge is -2.29. The second-order valence-electron chi connectivity index (χ2n) is 6.53. The molecule has 0 aromatic heterocycles. The minimum atomic E-state index is -0.467. The van der Waals surface area contributed by atoms with Crippen molar-refractivity contribution in [3.8, 4) is 0 Å². The first kappa shape index (κ1) is 19.7. The number of rotatable bonds is 6. The topological polar surface area (TPSA) is 99.3 Å². The van der Waals surface area contributed by atoms with Gasteiger partial charge >= 0.3 is 6.03 Å². The Bertz CT molecular complexity index is 636. The van der Waals surface area contributed by atoms with Crippen LogP contribution in [0.15, 0.2) is 24.3 Å². The second-order valence-corrected chi connectivity index (χ2v) is 6.53. The third-order valence-electron chi connectivity index (χ3n) is 4.41. The van der Waals surface area contributed by atoms with Crippen LogP contribution in [0.4, 0.5) is 14.9 Å². The summed E-state index contributed by atoms with van der Waals surface area (Å²) in [6.07, 6.45) is 4.32. The summed E-state index contributed by atoms with van der Waals surface area (Å²) in [5.74, 6) is -0.877. The molecule has 2 rings (SSSR count). The molecular weight excluding hydrogens is 339 g/mol. The Morgan fingerprint density at radius 3 is 2.35 bits per heavy atom. The summed E-state index contributed by atoms with van der Waals surface area (Å²) in [6.45, 7) is 1.66. The SMILES string of the molecule is C[C@@H]1CCCC[C@H]1NC(=O)NCC(=O)NCC(=O)Nc1ccc(F)cc1. The van der Waals surface area contributed by atoms with Crippen LogP contribution < -0.4 is 21.3 Å². The number of halogens is 1. The molecule has 7 nitrogen and oxygen atoms in total. The van der Waals surface area contributed by atoms with Gasteiger partial charge in [0.15, 0.2) is 0 Å². The summed E-state index contributed by atoms with van der Waals surface area (Å²) in [6, 6.07) is 5.05. The van der Waals surface area contributed by atoms with Crippen LogP contribution in [0.5, 0.6) is 0 Å². The average Bonchev–Trinajstić information content (AvgIpc) is 2.62. The van der Waals surface area contributed by atoms with Crippen molar-refractivity contribution in [2.75, 3.05) is 18.4 Å². The van der Waals surface area contributed by atoms with E-state index in [1.165, 1.54) is 30.7 Å². The Morgan fingerprint density at radius 2 is 1.65 bits per heavy atom. The van der Waals surface area contributed by atoms with E-state index in [0.717, 1.165) is 19.3 Å². The Hall–Kier alpha value is -2.64. The standard InChI is InChI=1S/C18H25FN4O3/c1-12-4-2-3-5-15(12)23-18(26)21-10-16(24)20-11-17(25)22-14-8-6-13(19)7-9-14/h6-9,12,15H,2-5,10-11H2,1H3,(H,20,24)(H,22,25)(H2,21,23,26)/t12-,15-/m1/s1. The number of carbonyl (C=O) groups excluding carboxylic acids is 3. The van der Waals surface area contributed by atoms with Crippen LogP contribution in [0.2, 0.25) is 0 Å². The van der Waals surface area contributed by atoms with Gasteiger partial charge < -0.3 is 21.3 Å². The van der Waals surface area contributed by atoms with Gasteiger partial charge in [0, 0.05) is 11.7 Å². The molecule has 1 aliphatic carbocycles. The van der Waals surface area contributed by atoms with Crippen LogP contribution in [0.3, 0.4) is 0 Å². The summed E-state index contributed by atoms with van der Waals surface area (Å²) in [5.41, 5.74) is 0.435. The van der Waals surface area contributed by atoms with E-state index in [9.17, 15) is 18.8 Å². The van der Waals surface area contributed by atoms with Crippen molar-refractivity contribution in [3.63, 3.8) is 0 Å². The van der Waals surface area contributed by atoms with Crippen LogP contribution in [-0.2, 0) is 9.59 Å². The van der Waals surface area contributed by atoms with Gasteiger partial charge in [-0.1, -0.05) is 19.8 Å². The lowest BCUT2D eigenvalue weighted by atomic mass is 9.86. The van der Waals surface area contributed by atoms with Gasteiger partial charge in [-0.2, -0.15) is 0 Å². The number of urea groups is 1. The lowest BCUT2D eigenvalue weighted by molar-refractivity contribution is -0.123. The molecule has 4 N–H and O–H groups in total. The molecule has 0 spiro atoms. The first-order valence-electron chi connectivity index (χ1n) is 8.80. The molecule has 1 aromatic rings. The van der Waals surface area contributed by atoms with E-state index in [0.29, 0.717) is 11.6 Å². The van der Waals surface area contributed by atoms with E-state index >= 15 is 0 Å². The molecule has 4 amide bonds. The molecule has 0 aliphatic heterocycles. The van der Waals surface area contributed by atoms with E-state index in [2.05, 4.69) is 28.2 Å². The van der Waals surface area contributed by atoms with Gasteiger partial charge in [0.05, 0.1) is 13.1 Å². The highest BCUT2D eigenvalue weighted by Crippen LogP contribution is 2.23. The van der Waals surface area contributed by atoms with Gasteiger partial charge in [-0.3, -0.25) is 9.59 Å². The van der Waals surface area contributed by atoms with E-state index in [1.807, 2.05) is 0 Å². The molecule has 26 heavy (non-hydrogen) atoms. The maximum atomic E-state index is 12.8. The molecule has 8 heteroatoms. The van der Waals surface area contributed by atoms with Crippen molar-refractivity contribution in [2.45, 2.75) is 38.6 Å². The molecule has 0 bridgehead atoms. The third kappa shape index (κ3) is 6.70. The van der Waals surface area contributed by atoms with Gasteiger partial charge in [-0.15, -0.1) is 0 Å². The zero-order chi connectivity index (χ0) is 18.9. The minimum Gasteiger partial charge on any atom is -0.345 e. The molecule has 2 atom stereocenters. The number of hydrogen-bond donors (Lipinski definition) is 4. The smallest absolute Gasteiger partial charge is 0.315 e. The maximum Gasteiger partial charge on any atom is 0.315 e. The molecule has 142 valence electrons. The molecule has 0 radical (unpaired) electrons. The van der Waals surface area contributed by atoms with E-state index in [1.54, 1.807) is 0 Å². The molecule has 1 aromatic carbocycles. The van der Waals surface area contributed by atoms with E-state index in [4.69, 9.17) is 0 Å². The molecular formula is C18H25FN4O3. The monoisotopic (exact) mass is 364 g/mol. The molecule has 1 saturated carbocycles. The van der Waals surface area contributed by atoms with Crippen LogP contribution in [0.1, 0.15) is 32.6 Å². The Kier molecular flexibility index (Phi) is 7.37. The summed E-state index contributed by atoms with van der Waals surface area (Å²) in [7, 11) is 0. The maximum absolute atomic E-state index is 12.8. The molecule has 0 heterocycles. The van der Waals surface area contributed by atoms with Crippen molar-refractivity contribution in [1.29, 1.82) is 0 Å². The highest BCUT2D eigenvalue weighted by atomic mass is 19.1. The molecule has 0 unspecified atom stereocenters. The number of anilines is 1. The summed E-state index contributed by atoms with van der Waals surface area (Å²) in [5, 5.41) is 10.3. The largest absolute Gasteiger partial charge is 0.345 e. The van der Waals surface area contributed by atoms with Gasteiger partial charge in [0.2, 0.25) is 11.8 Å². The first-order valence-corrected chi connectivity index (χ1v) is 8.80. The van der Waals surface area contributed by atoms with E-state index in [-0.39, 0.29) is 25.2 Å². The first-order chi connectivity index (χ1) is 12.4. The van der Waals surface area contributed by atoms with Crippen molar-refractivity contribution >= 4 is 23.5 Å². The summed E-state index contributed by atoms with van der Waals surface area (Å²) in [4.78, 5) is 35.3. The highest BCUT2D eigenvalue weighted by Gasteiger charge is 2.22. The fourth-order valence-corrected chi connectivity index (χ4v) is 2.89. The predicted octanol–water partition coefficient (Wildman–Crippen LogP) is 1.76. The van der Waals surface area contributed by atoms with Crippen LogP contribution in [-0.4, -0.2) is 37.0 Å². The highest BCUT2D eigenvalue weighted by molar-refractivity contribution is 5.95. The molecule has 0 saturated heterocycles. The Morgan fingerprint density at radius 1 is 1.00 bits per heavy atom. The fraction of sp³-hybridized carbons (Fsp3) is 0.500. The summed E-state index contributed by atoms with van der Waals surface area (Å²) < 4.78 is 12.8. The fourth-order valence-electron chi connectivity index (χ4n) is 2.89. The normalized spacial score (nSPS) is 19.3. The van der Waals surface area contributed by atoms with Crippen molar-refractivity contribution in [2.24, 2.45) is 5.92 Å². The Labute approximate surface area is 152 Å². The van der Waals surface area contributed by atoms with Gasteiger partial charge in [0.1, 0.15) is 5.82 Å². The number of nitrogens with one attached hydrogen (secondary N) is 4. The third-order valence-corrected chi connectivity index (χ3v) is 4.41. The number of benzene rings is 1. The van der Waals surface area contributed by atoms with Crippen LogP contribution >= 0.6 is 0 Å². The van der Waals surface area contributed by atoms with Crippen molar-refractivity contribution in [1.82, 2.24) is 16.0 Å². The zero-order valence-corrected chi connectivity index (χ0v) is 14.8. The van der Waals surface area contributed by atoms with Gasteiger partial charge in [-0.25, -0.2) is 9.18 Å². The van der Waals surface area contributed by atoms with Gasteiger partial charge in [0.25, 0.3) is 0 Å². The lowest BCUT2D eigenvalue weighted by Crippen LogP contribution is -2.48. The van der Waals surface area contributed by atoms with Crippen LogP contribution in [0.25, 0.3) is 0 Å². The van der Waals surface area contributed by atoms with E-state index < -0.39 is 17.6 Å². The quantitative estimate of drug-likeness (QED) is 0.619. The van der Waals surface area contributed by atoms with Crippen molar-refractivity contribution < 1.29 is 18.8 Å². The van der Waals surface area contributed by atoms with Crippen molar-refractivity contribution in [3.05, 3.63) is 30.1 Å². The Balaban J connectivity index is 1.62. The summed E-state index contributed by atoms with van der Waals surface area (Å²) >= 11 is 0. The van der Waals surface area contributed by atoms with Gasteiger partial charge in [-0.05, 0) is 43.0 Å². The zero-order valence-electron chi connectivity index (χ0n) is 14.8. The van der Waals surface area contributed by atoms with Crippen LogP contribution in [0, 0.1) is 11.7 Å². The number of carbonyl (C=O) groups is 3. The molecule has 1 aliphatic rings. The predicted molar refractivity (Wildman–Crippen MR) is 96.0 cm³/mol. The molecule has 1 fully saturated rings. The minimum absolute atomic E-state index is 0.133. The average molecular weight is 364 g/mol. The number of amides is 4. The second kappa shape index (κ2) is 9.74. The number of hydrogen-bond acceptors (Lipinski definition) is 3.